The summed E-state index contributed by atoms with van der Waals surface area (Å²) in [6.45, 7) is 1.07. The van der Waals surface area contributed by atoms with Gasteiger partial charge in [0.1, 0.15) is 11.6 Å². The molecule has 0 saturated heterocycles. The first-order valence-corrected chi connectivity index (χ1v) is 11.5. The molecule has 0 spiro atoms. The lowest BCUT2D eigenvalue weighted by molar-refractivity contribution is -0.129. The van der Waals surface area contributed by atoms with E-state index in [1.807, 2.05) is 71.6 Å². The quantitative estimate of drug-likeness (QED) is 0.340. The average molecular weight is 459 g/mol. The third kappa shape index (κ3) is 6.89. The zero-order valence-electron chi connectivity index (χ0n) is 17.9. The van der Waals surface area contributed by atoms with Gasteiger partial charge in [-0.15, -0.1) is 5.10 Å². The summed E-state index contributed by atoms with van der Waals surface area (Å²) >= 11 is 1.29. The van der Waals surface area contributed by atoms with Gasteiger partial charge in [-0.05, 0) is 34.9 Å². The normalized spacial score (nSPS) is 11.1. The molecule has 3 aromatic carbocycles. The van der Waals surface area contributed by atoms with Gasteiger partial charge in [-0.2, -0.15) is 0 Å². The predicted octanol–water partition coefficient (Wildman–Crippen LogP) is 5.44. The largest absolute Gasteiger partial charge is 0.333 e. The third-order valence-corrected chi connectivity index (χ3v) is 5.73. The van der Waals surface area contributed by atoms with Crippen molar-refractivity contribution >= 4 is 29.8 Å². The molecule has 0 aliphatic heterocycles. The molecule has 0 aliphatic rings. The zero-order valence-corrected chi connectivity index (χ0v) is 18.7. The Bertz CT molecular complexity index is 1150. The molecular weight excluding hydrogens is 435 g/mol. The van der Waals surface area contributed by atoms with E-state index in [0.29, 0.717) is 24.1 Å². The molecule has 0 atom stereocenters. The Kier molecular flexibility index (Phi) is 7.66. The lowest BCUT2D eigenvalue weighted by Crippen LogP contribution is -2.31. The molecule has 4 aromatic rings. The van der Waals surface area contributed by atoms with Crippen LogP contribution in [0.5, 0.6) is 0 Å². The maximum absolute atomic E-state index is 13.1. The molecule has 0 fully saturated rings. The maximum Gasteiger partial charge on any atom is 0.233 e. The Hall–Kier alpha value is -3.71. The molecule has 0 radical (unpaired) electrons. The van der Waals surface area contributed by atoms with Crippen molar-refractivity contribution in [1.29, 1.82) is 0 Å². The summed E-state index contributed by atoms with van der Waals surface area (Å²) in [5.41, 5.74) is 3.02. The van der Waals surface area contributed by atoms with Crippen molar-refractivity contribution in [2.75, 3.05) is 5.75 Å². The van der Waals surface area contributed by atoms with Crippen LogP contribution in [0.25, 0.3) is 12.2 Å². The van der Waals surface area contributed by atoms with Gasteiger partial charge in [0.25, 0.3) is 0 Å². The fraction of sp³-hybridized carbons (Fsp3) is 0.115. The van der Waals surface area contributed by atoms with Crippen molar-refractivity contribution in [2.24, 2.45) is 0 Å². The number of benzene rings is 3. The van der Waals surface area contributed by atoms with Crippen LogP contribution in [0.1, 0.15) is 22.5 Å². The molecule has 7 heteroatoms. The summed E-state index contributed by atoms with van der Waals surface area (Å²) in [6.07, 6.45) is 3.59. The lowest BCUT2D eigenvalue weighted by atomic mass is 10.1. The van der Waals surface area contributed by atoms with E-state index >= 15 is 0 Å². The highest BCUT2D eigenvalue weighted by atomic mass is 32.2. The van der Waals surface area contributed by atoms with Gasteiger partial charge in [-0.25, -0.2) is 9.37 Å². The molecule has 0 unspecified atom stereocenters. The Balaban J connectivity index is 1.38. The molecule has 1 heterocycles. The second kappa shape index (κ2) is 11.2. The highest BCUT2D eigenvalue weighted by Gasteiger charge is 2.16. The van der Waals surface area contributed by atoms with Crippen LogP contribution in [0.3, 0.4) is 0 Å². The van der Waals surface area contributed by atoms with E-state index < -0.39 is 0 Å². The second-order valence-corrected chi connectivity index (χ2v) is 8.34. The number of H-pyrrole nitrogens is 1. The van der Waals surface area contributed by atoms with Crippen LogP contribution >= 0.6 is 11.8 Å². The molecule has 0 bridgehead atoms. The highest BCUT2D eigenvalue weighted by Crippen LogP contribution is 2.17. The number of halogens is 1. The SMILES string of the molecule is O=C(CSc1n[nH]c(C=Cc2ccc(F)cc2)n1)N(Cc1ccccc1)Cc1ccccc1. The van der Waals surface area contributed by atoms with Crippen molar-refractivity contribution in [3.8, 4) is 0 Å². The van der Waals surface area contributed by atoms with Crippen LogP contribution in [0.2, 0.25) is 0 Å². The average Bonchev–Trinajstić information content (AvgIpc) is 3.31. The number of amides is 1. The van der Waals surface area contributed by atoms with E-state index in [0.717, 1.165) is 16.7 Å². The molecule has 166 valence electrons. The molecule has 4 rings (SSSR count). The van der Waals surface area contributed by atoms with E-state index in [9.17, 15) is 9.18 Å². The number of nitrogens with zero attached hydrogens (tertiary/aromatic N) is 3. The Labute approximate surface area is 196 Å². The summed E-state index contributed by atoms with van der Waals surface area (Å²) in [4.78, 5) is 19.3. The van der Waals surface area contributed by atoms with Crippen molar-refractivity contribution in [1.82, 2.24) is 20.1 Å². The van der Waals surface area contributed by atoms with Gasteiger partial charge in [-0.1, -0.05) is 90.6 Å². The minimum absolute atomic E-state index is 0.0147. The number of carbonyl (C=O) groups is 1. The number of hydrogen-bond acceptors (Lipinski definition) is 4. The minimum atomic E-state index is -0.274. The van der Waals surface area contributed by atoms with Crippen molar-refractivity contribution in [2.45, 2.75) is 18.2 Å². The third-order valence-electron chi connectivity index (χ3n) is 4.90. The number of nitrogens with one attached hydrogen (secondary N) is 1. The number of thioether (sulfide) groups is 1. The van der Waals surface area contributed by atoms with Crippen LogP contribution < -0.4 is 0 Å². The maximum atomic E-state index is 13.1. The summed E-state index contributed by atoms with van der Waals surface area (Å²) in [5.74, 6) is 0.544. The van der Waals surface area contributed by atoms with Crippen LogP contribution in [0, 0.1) is 5.82 Å². The monoisotopic (exact) mass is 458 g/mol. The van der Waals surface area contributed by atoms with E-state index in [4.69, 9.17) is 0 Å². The first kappa shape index (κ1) is 22.5. The summed E-state index contributed by atoms with van der Waals surface area (Å²) in [6, 6.07) is 26.1. The van der Waals surface area contributed by atoms with E-state index in [-0.39, 0.29) is 17.5 Å². The van der Waals surface area contributed by atoms with Gasteiger partial charge in [0, 0.05) is 13.1 Å². The Morgan fingerprint density at radius 2 is 1.48 bits per heavy atom. The molecule has 0 saturated carbocycles. The van der Waals surface area contributed by atoms with E-state index in [2.05, 4.69) is 15.2 Å². The minimum Gasteiger partial charge on any atom is -0.333 e. The van der Waals surface area contributed by atoms with Crippen LogP contribution in [0.15, 0.2) is 90.1 Å². The zero-order chi connectivity index (χ0) is 22.9. The van der Waals surface area contributed by atoms with Crippen LogP contribution in [-0.2, 0) is 17.9 Å². The first-order valence-electron chi connectivity index (χ1n) is 10.5. The number of rotatable bonds is 9. The van der Waals surface area contributed by atoms with Gasteiger partial charge in [0.15, 0.2) is 0 Å². The van der Waals surface area contributed by atoms with Gasteiger partial charge < -0.3 is 4.90 Å². The lowest BCUT2D eigenvalue weighted by Gasteiger charge is -2.23. The highest BCUT2D eigenvalue weighted by molar-refractivity contribution is 7.99. The van der Waals surface area contributed by atoms with Crippen LogP contribution in [0.4, 0.5) is 4.39 Å². The van der Waals surface area contributed by atoms with Gasteiger partial charge in [0.05, 0.1) is 5.75 Å². The molecule has 0 aliphatic carbocycles. The van der Waals surface area contributed by atoms with Crippen LogP contribution in [-0.4, -0.2) is 31.7 Å². The van der Waals surface area contributed by atoms with E-state index in [1.54, 1.807) is 18.2 Å². The molecule has 1 N–H and O–H groups in total. The van der Waals surface area contributed by atoms with Gasteiger partial charge >= 0.3 is 0 Å². The predicted molar refractivity (Wildman–Crippen MR) is 130 cm³/mol. The second-order valence-electron chi connectivity index (χ2n) is 7.40. The van der Waals surface area contributed by atoms with Gasteiger partial charge in [0.2, 0.25) is 11.1 Å². The smallest absolute Gasteiger partial charge is 0.233 e. The van der Waals surface area contributed by atoms with Crippen molar-refractivity contribution in [3.05, 3.63) is 113 Å². The Morgan fingerprint density at radius 1 is 0.879 bits per heavy atom. The topological polar surface area (TPSA) is 61.9 Å². The van der Waals surface area contributed by atoms with Crippen molar-refractivity contribution < 1.29 is 9.18 Å². The van der Waals surface area contributed by atoms with E-state index in [1.165, 1.54) is 23.9 Å². The molecular formula is C26H23FN4OS. The first-order chi connectivity index (χ1) is 16.2. The Morgan fingerprint density at radius 3 is 2.09 bits per heavy atom. The number of aromatic amines is 1. The molecule has 5 nitrogen and oxygen atoms in total. The number of aromatic nitrogens is 3. The molecule has 1 aromatic heterocycles. The van der Waals surface area contributed by atoms with Crippen molar-refractivity contribution in [3.63, 3.8) is 0 Å². The van der Waals surface area contributed by atoms with Gasteiger partial charge in [-0.3, -0.25) is 9.89 Å². The summed E-state index contributed by atoms with van der Waals surface area (Å²) in [5, 5.41) is 7.54. The number of carbonyl (C=O) groups excluding carboxylic acids is 1. The summed E-state index contributed by atoms with van der Waals surface area (Å²) in [7, 11) is 0. The molecule has 1 amide bonds. The fourth-order valence-electron chi connectivity index (χ4n) is 3.20. The summed E-state index contributed by atoms with van der Waals surface area (Å²) < 4.78 is 13.0. The fourth-order valence-corrected chi connectivity index (χ4v) is 3.91. The molecule has 33 heavy (non-hydrogen) atoms. The number of hydrogen-bond donors (Lipinski definition) is 1. The standard InChI is InChI=1S/C26H23FN4OS/c27-23-14-11-20(12-15-23)13-16-24-28-26(30-29-24)33-19-25(32)31(17-21-7-3-1-4-8-21)18-22-9-5-2-6-10-22/h1-16H,17-19H2,(H,28,29,30).